The number of hydrogen-bond donors (Lipinski definition) is 1. The highest BCUT2D eigenvalue weighted by atomic mass is 35.5. The zero-order valence-corrected chi connectivity index (χ0v) is 12.9. The highest BCUT2D eigenvalue weighted by Gasteiger charge is 2.31. The van der Waals surface area contributed by atoms with Gasteiger partial charge in [0.15, 0.2) is 0 Å². The maximum atomic E-state index is 12.4. The molecule has 0 aliphatic heterocycles. The van der Waals surface area contributed by atoms with Gasteiger partial charge in [0, 0.05) is 31.6 Å². The molecular formula is C12H17ClF3N3S. The number of nitrogens with one attached hydrogen (secondary N) is 1. The summed E-state index contributed by atoms with van der Waals surface area (Å²) in [6, 6.07) is 0.913. The highest BCUT2D eigenvalue weighted by Crippen LogP contribution is 2.33. The average molecular weight is 328 g/mol. The largest absolute Gasteiger partial charge is 0.417 e. The molecule has 8 heteroatoms. The van der Waals surface area contributed by atoms with Crippen LogP contribution in [0.2, 0.25) is 5.02 Å². The number of halogens is 4. The van der Waals surface area contributed by atoms with Gasteiger partial charge in [-0.15, -0.1) is 11.8 Å². The normalized spacial score (nSPS) is 12.2. The number of nitrogens with zero attached hydrogens (tertiary/aromatic N) is 2. The Morgan fingerprint density at radius 3 is 2.60 bits per heavy atom. The molecule has 1 rings (SSSR count). The molecule has 1 aromatic rings. The van der Waals surface area contributed by atoms with Crippen LogP contribution in [0.15, 0.2) is 17.3 Å². The maximum Gasteiger partial charge on any atom is 0.417 e. The molecule has 0 radical (unpaired) electrons. The molecule has 0 aromatic carbocycles. The van der Waals surface area contributed by atoms with Gasteiger partial charge in [0.25, 0.3) is 0 Å². The third-order valence-corrected chi connectivity index (χ3v) is 3.80. The van der Waals surface area contributed by atoms with Crippen molar-refractivity contribution in [3.63, 3.8) is 0 Å². The Kier molecular flexibility index (Phi) is 7.08. The maximum absolute atomic E-state index is 12.4. The Hall–Kier alpha value is -0.500. The van der Waals surface area contributed by atoms with Crippen LogP contribution in [0.5, 0.6) is 0 Å². The molecule has 1 aromatic heterocycles. The Balaban J connectivity index is 2.38. The molecule has 0 spiro atoms. The number of alkyl halides is 3. The van der Waals surface area contributed by atoms with E-state index in [9.17, 15) is 13.2 Å². The first-order chi connectivity index (χ1) is 9.30. The van der Waals surface area contributed by atoms with Gasteiger partial charge in [0.05, 0.1) is 10.6 Å². The molecule has 0 amide bonds. The molecule has 1 heterocycles. The van der Waals surface area contributed by atoms with Crippen LogP contribution in [0.3, 0.4) is 0 Å². The quantitative estimate of drug-likeness (QED) is 0.615. The van der Waals surface area contributed by atoms with E-state index >= 15 is 0 Å². The molecule has 0 fully saturated rings. The van der Waals surface area contributed by atoms with Crippen LogP contribution < -0.4 is 5.32 Å². The van der Waals surface area contributed by atoms with E-state index in [1.807, 2.05) is 14.1 Å². The summed E-state index contributed by atoms with van der Waals surface area (Å²) in [5.41, 5.74) is -0.823. The van der Waals surface area contributed by atoms with E-state index in [1.165, 1.54) is 11.8 Å². The van der Waals surface area contributed by atoms with Crippen molar-refractivity contribution in [1.82, 2.24) is 15.2 Å². The monoisotopic (exact) mass is 327 g/mol. The molecule has 0 saturated carbocycles. The van der Waals surface area contributed by atoms with Gasteiger partial charge < -0.3 is 10.2 Å². The molecule has 1 N–H and O–H groups in total. The Labute approximate surface area is 125 Å². The summed E-state index contributed by atoms with van der Waals surface area (Å²) in [6.45, 7) is 2.54. The summed E-state index contributed by atoms with van der Waals surface area (Å²) in [5.74, 6) is 0.700. The van der Waals surface area contributed by atoms with Crippen LogP contribution in [-0.4, -0.2) is 49.4 Å². The minimum Gasteiger partial charge on any atom is -0.315 e. The molecule has 0 bridgehead atoms. The second kappa shape index (κ2) is 8.07. The van der Waals surface area contributed by atoms with Crippen LogP contribution in [-0.2, 0) is 6.18 Å². The van der Waals surface area contributed by atoms with Crippen molar-refractivity contribution in [2.24, 2.45) is 0 Å². The first kappa shape index (κ1) is 17.6. The predicted molar refractivity (Wildman–Crippen MR) is 76.4 cm³/mol. The summed E-state index contributed by atoms with van der Waals surface area (Å²) < 4.78 is 37.3. The lowest BCUT2D eigenvalue weighted by atomic mass is 10.3. The van der Waals surface area contributed by atoms with Gasteiger partial charge in [0.1, 0.15) is 5.03 Å². The van der Waals surface area contributed by atoms with Gasteiger partial charge in [-0.3, -0.25) is 0 Å². The van der Waals surface area contributed by atoms with Crippen molar-refractivity contribution in [2.45, 2.75) is 11.2 Å². The van der Waals surface area contributed by atoms with E-state index in [-0.39, 0.29) is 5.02 Å². The summed E-state index contributed by atoms with van der Waals surface area (Å²) in [4.78, 5) is 5.83. The van der Waals surface area contributed by atoms with E-state index < -0.39 is 11.7 Å². The summed E-state index contributed by atoms with van der Waals surface area (Å²) >= 11 is 7.15. The van der Waals surface area contributed by atoms with Crippen LogP contribution in [0, 0.1) is 0 Å². The fourth-order valence-electron chi connectivity index (χ4n) is 1.33. The summed E-state index contributed by atoms with van der Waals surface area (Å²) in [7, 11) is 3.98. The summed E-state index contributed by atoms with van der Waals surface area (Å²) in [5, 5.41) is 3.69. The molecular weight excluding hydrogens is 311 g/mol. The first-order valence-electron chi connectivity index (χ1n) is 6.01. The zero-order chi connectivity index (χ0) is 15.2. The second-order valence-corrected chi connectivity index (χ2v) is 5.90. The number of hydrogen-bond acceptors (Lipinski definition) is 4. The second-order valence-electron chi connectivity index (χ2n) is 4.41. The Morgan fingerprint density at radius 2 is 2.05 bits per heavy atom. The van der Waals surface area contributed by atoms with E-state index in [4.69, 9.17) is 11.6 Å². The Morgan fingerprint density at radius 1 is 1.35 bits per heavy atom. The zero-order valence-electron chi connectivity index (χ0n) is 11.3. The lowest BCUT2D eigenvalue weighted by Crippen LogP contribution is -2.27. The van der Waals surface area contributed by atoms with Gasteiger partial charge in [0.2, 0.25) is 0 Å². The Bertz CT molecular complexity index is 427. The third kappa shape index (κ3) is 6.30. The minimum atomic E-state index is -4.41. The average Bonchev–Trinajstić information content (AvgIpc) is 2.33. The smallest absolute Gasteiger partial charge is 0.315 e. The SMILES string of the molecule is CN(C)CCNCCSc1ncc(C(F)(F)F)cc1Cl. The standard InChI is InChI=1S/C12H17ClF3N3S/c1-19(2)5-3-17-4-6-20-11-10(13)7-9(8-18-11)12(14,15)16/h7-8,17H,3-6H2,1-2H3. The van der Waals surface area contributed by atoms with Crippen molar-refractivity contribution in [2.75, 3.05) is 39.5 Å². The van der Waals surface area contributed by atoms with Gasteiger partial charge in [-0.1, -0.05) is 11.6 Å². The topological polar surface area (TPSA) is 28.2 Å². The third-order valence-electron chi connectivity index (χ3n) is 2.39. The van der Waals surface area contributed by atoms with Crippen molar-refractivity contribution >= 4 is 23.4 Å². The fourth-order valence-corrected chi connectivity index (χ4v) is 2.43. The lowest BCUT2D eigenvalue weighted by molar-refractivity contribution is -0.137. The van der Waals surface area contributed by atoms with Gasteiger partial charge in [-0.2, -0.15) is 13.2 Å². The molecule has 0 unspecified atom stereocenters. The number of likely N-dealkylation sites (N-methyl/N-ethyl adjacent to an activating group) is 1. The molecule has 0 saturated heterocycles. The van der Waals surface area contributed by atoms with Gasteiger partial charge in [-0.25, -0.2) is 4.98 Å². The van der Waals surface area contributed by atoms with E-state index in [2.05, 4.69) is 15.2 Å². The van der Waals surface area contributed by atoms with Crippen molar-refractivity contribution < 1.29 is 13.2 Å². The van der Waals surface area contributed by atoms with Crippen LogP contribution in [0.4, 0.5) is 13.2 Å². The molecule has 20 heavy (non-hydrogen) atoms. The lowest BCUT2D eigenvalue weighted by Gasteiger charge is -2.11. The van der Waals surface area contributed by atoms with Gasteiger partial charge >= 0.3 is 6.18 Å². The molecule has 114 valence electrons. The van der Waals surface area contributed by atoms with Crippen LogP contribution in [0.1, 0.15) is 5.56 Å². The van der Waals surface area contributed by atoms with Crippen LogP contribution in [0.25, 0.3) is 0 Å². The minimum absolute atomic E-state index is 0.0399. The molecule has 0 atom stereocenters. The fraction of sp³-hybridized carbons (Fsp3) is 0.583. The molecule has 0 aliphatic carbocycles. The predicted octanol–water partition coefficient (Wildman–Crippen LogP) is 3.00. The number of rotatable bonds is 7. The number of aromatic nitrogens is 1. The highest BCUT2D eigenvalue weighted by molar-refractivity contribution is 7.99. The van der Waals surface area contributed by atoms with Crippen molar-refractivity contribution in [3.05, 3.63) is 22.8 Å². The van der Waals surface area contributed by atoms with E-state index in [0.717, 1.165) is 31.9 Å². The van der Waals surface area contributed by atoms with Gasteiger partial charge in [-0.05, 0) is 20.2 Å². The first-order valence-corrected chi connectivity index (χ1v) is 7.38. The summed E-state index contributed by atoms with van der Waals surface area (Å²) in [6.07, 6.45) is -3.60. The molecule has 0 aliphatic rings. The van der Waals surface area contributed by atoms with Crippen molar-refractivity contribution in [1.29, 1.82) is 0 Å². The van der Waals surface area contributed by atoms with E-state index in [1.54, 1.807) is 0 Å². The van der Waals surface area contributed by atoms with Crippen molar-refractivity contribution in [3.8, 4) is 0 Å². The number of thioether (sulfide) groups is 1. The number of pyridine rings is 1. The van der Waals surface area contributed by atoms with E-state index in [0.29, 0.717) is 10.8 Å². The molecule has 3 nitrogen and oxygen atoms in total. The van der Waals surface area contributed by atoms with Crippen LogP contribution >= 0.6 is 23.4 Å².